The molecule has 1 atom stereocenters. The number of sulfonamides is 1. The molecule has 9 N–H and O–H groups in total. The van der Waals surface area contributed by atoms with Crippen LogP contribution >= 0.6 is 0 Å². The molecule has 0 spiro atoms. The van der Waals surface area contributed by atoms with E-state index >= 15 is 0 Å². The maximum absolute atomic E-state index is 12.7. The van der Waals surface area contributed by atoms with E-state index in [1.54, 1.807) is 30.5 Å². The highest BCUT2D eigenvalue weighted by molar-refractivity contribution is 7.93. The Kier molecular flexibility index (Phi) is 6.55. The summed E-state index contributed by atoms with van der Waals surface area (Å²) in [6, 6.07) is 12.1. The molecule has 2 aromatic carbocycles. The van der Waals surface area contributed by atoms with Gasteiger partial charge in [-0.2, -0.15) is 0 Å². The van der Waals surface area contributed by atoms with Gasteiger partial charge >= 0.3 is 0 Å². The van der Waals surface area contributed by atoms with E-state index in [9.17, 15) is 13.0 Å². The number of fused-ring (bicyclic) bond motifs is 1. The summed E-state index contributed by atoms with van der Waals surface area (Å²) < 4.78 is 37.8. The van der Waals surface area contributed by atoms with Gasteiger partial charge in [-0.15, -0.1) is 5.10 Å². The van der Waals surface area contributed by atoms with Crippen LogP contribution in [-0.2, 0) is 21.2 Å². The lowest BCUT2D eigenvalue weighted by Gasteiger charge is -2.19. The van der Waals surface area contributed by atoms with Gasteiger partial charge in [-0.1, -0.05) is 18.2 Å². The Labute approximate surface area is 176 Å². The average molecular weight is 448 g/mol. The Morgan fingerprint density at radius 3 is 2.60 bits per heavy atom. The average Bonchev–Trinajstić information content (AvgIpc) is 2.72. The summed E-state index contributed by atoms with van der Waals surface area (Å²) in [4.78, 5) is 3.93. The van der Waals surface area contributed by atoms with Crippen molar-refractivity contribution < 1.29 is 13.0 Å². The van der Waals surface area contributed by atoms with Crippen molar-refractivity contribution in [3.05, 3.63) is 54.2 Å². The van der Waals surface area contributed by atoms with E-state index in [1.807, 2.05) is 12.1 Å². The molecule has 10 nitrogen and oxygen atoms in total. The van der Waals surface area contributed by atoms with Crippen LogP contribution in [0.2, 0.25) is 0 Å². The topological polar surface area (TPSA) is 199 Å². The van der Waals surface area contributed by atoms with Crippen LogP contribution in [-0.4, -0.2) is 36.1 Å². The highest BCUT2D eigenvalue weighted by Gasteiger charge is 2.31. The van der Waals surface area contributed by atoms with Crippen LogP contribution < -0.4 is 28.0 Å². The maximum Gasteiger partial charge on any atom is 0.243 e. The Morgan fingerprint density at radius 2 is 1.93 bits per heavy atom. The van der Waals surface area contributed by atoms with E-state index in [-0.39, 0.29) is 33.5 Å². The third-order valence-corrected chi connectivity index (χ3v) is 6.89. The number of hydrazone groups is 1. The number of pyridine rings is 1. The molecular weight excluding hydrogens is 426 g/mol. The van der Waals surface area contributed by atoms with Crippen LogP contribution in [0.5, 0.6) is 0 Å². The molecule has 0 bridgehead atoms. The van der Waals surface area contributed by atoms with E-state index < -0.39 is 21.2 Å². The largest absolute Gasteiger partial charge is 0.611 e. The number of hydrogen-bond acceptors (Lipinski definition) is 8. The van der Waals surface area contributed by atoms with Gasteiger partial charge in [0.2, 0.25) is 10.0 Å². The number of hydrazine groups is 1. The Balaban J connectivity index is 2.46. The highest BCUT2D eigenvalue weighted by atomic mass is 32.2. The van der Waals surface area contributed by atoms with E-state index in [0.29, 0.717) is 16.6 Å². The van der Waals surface area contributed by atoms with Crippen LogP contribution in [0, 0.1) is 0 Å². The van der Waals surface area contributed by atoms with Gasteiger partial charge in [-0.25, -0.2) is 24.9 Å². The molecule has 1 heterocycles. The number of rotatable bonds is 7. The molecule has 158 valence electrons. The van der Waals surface area contributed by atoms with Crippen molar-refractivity contribution in [1.29, 1.82) is 0 Å². The highest BCUT2D eigenvalue weighted by Crippen LogP contribution is 2.36. The minimum atomic E-state index is -4.35. The standard InChI is InChI=1S/C18H21N7O3S2/c19-8-10-29(26)15-7-6-13(11-3-1-5-14-12(11)4-2-9-23-14)16(18(20)24-25-21)17(15)30(22,27)28/h1-7,9,25H,8,10,19,21H2,(H2,20,24)(H2,22,27,28). The molecule has 0 saturated heterocycles. The molecule has 3 rings (SSSR count). The van der Waals surface area contributed by atoms with Gasteiger partial charge in [0.15, 0.2) is 10.7 Å². The summed E-state index contributed by atoms with van der Waals surface area (Å²) in [5, 5.41) is 10.0. The van der Waals surface area contributed by atoms with Crippen LogP contribution in [0.15, 0.2) is 63.6 Å². The zero-order chi connectivity index (χ0) is 21.9. The summed E-state index contributed by atoms with van der Waals surface area (Å²) >= 11 is -1.72. The number of hydrogen-bond donors (Lipinski definition) is 5. The van der Waals surface area contributed by atoms with E-state index in [1.165, 1.54) is 6.07 Å². The number of nitrogens with zero attached hydrogens (tertiary/aromatic N) is 2. The minimum Gasteiger partial charge on any atom is -0.611 e. The van der Waals surface area contributed by atoms with Gasteiger partial charge in [0, 0.05) is 18.1 Å². The molecule has 12 heteroatoms. The zero-order valence-electron chi connectivity index (χ0n) is 15.8. The molecule has 0 radical (unpaired) electrons. The summed E-state index contributed by atoms with van der Waals surface area (Å²) in [7, 11) is -4.35. The van der Waals surface area contributed by atoms with Crippen LogP contribution in [0.3, 0.4) is 0 Å². The van der Waals surface area contributed by atoms with Crippen LogP contribution in [0.25, 0.3) is 22.0 Å². The predicted octanol–water partition coefficient (Wildman–Crippen LogP) is -0.301. The number of amidine groups is 1. The van der Waals surface area contributed by atoms with Crippen molar-refractivity contribution in [2.45, 2.75) is 9.79 Å². The molecule has 0 aliphatic carbocycles. The molecule has 1 aromatic heterocycles. The van der Waals surface area contributed by atoms with Crippen LogP contribution in [0.4, 0.5) is 0 Å². The monoisotopic (exact) mass is 447 g/mol. The van der Waals surface area contributed by atoms with Crippen LogP contribution in [0.1, 0.15) is 5.56 Å². The molecule has 0 amide bonds. The third kappa shape index (κ3) is 4.23. The molecule has 3 aromatic rings. The summed E-state index contributed by atoms with van der Waals surface area (Å²) in [5.74, 6) is 5.08. The molecule has 0 fully saturated rings. The first-order valence-electron chi connectivity index (χ1n) is 8.71. The van der Waals surface area contributed by atoms with Crippen molar-refractivity contribution in [3.63, 3.8) is 0 Å². The second-order valence-electron chi connectivity index (χ2n) is 6.20. The number of aromatic nitrogens is 1. The zero-order valence-corrected chi connectivity index (χ0v) is 17.4. The Bertz CT molecular complexity index is 1210. The van der Waals surface area contributed by atoms with Gasteiger partial charge in [-0.3, -0.25) is 4.98 Å². The Morgan fingerprint density at radius 1 is 1.17 bits per heavy atom. The summed E-state index contributed by atoms with van der Waals surface area (Å²) in [6.07, 6.45) is 1.65. The second-order valence-corrected chi connectivity index (χ2v) is 9.24. The third-order valence-electron chi connectivity index (χ3n) is 4.33. The number of nitrogens with two attached hydrogens (primary N) is 4. The fourth-order valence-corrected chi connectivity index (χ4v) is 5.62. The fourth-order valence-electron chi connectivity index (χ4n) is 3.18. The van der Waals surface area contributed by atoms with Gasteiger partial charge < -0.3 is 16.0 Å². The van der Waals surface area contributed by atoms with Gasteiger partial charge in [-0.05, 0) is 46.6 Å². The molecule has 1 unspecified atom stereocenters. The van der Waals surface area contributed by atoms with Crippen molar-refractivity contribution >= 4 is 37.9 Å². The smallest absolute Gasteiger partial charge is 0.243 e. The number of primary sulfonamides is 1. The predicted molar refractivity (Wildman–Crippen MR) is 117 cm³/mol. The SMILES string of the molecule is NCC[S+]([O-])c1ccc(-c2cccc3ncccc23)c(/C(N)=N/NN)c1S(N)(=O)=O. The van der Waals surface area contributed by atoms with E-state index in [2.05, 4.69) is 15.6 Å². The molecule has 0 aliphatic heterocycles. The summed E-state index contributed by atoms with van der Waals surface area (Å²) in [6.45, 7) is 0.0939. The lowest BCUT2D eigenvalue weighted by molar-refractivity contribution is 0.583. The molecule has 0 saturated carbocycles. The maximum atomic E-state index is 12.7. The molecule has 30 heavy (non-hydrogen) atoms. The van der Waals surface area contributed by atoms with Gasteiger partial charge in [0.25, 0.3) is 0 Å². The van der Waals surface area contributed by atoms with Gasteiger partial charge in [0.05, 0.1) is 11.1 Å². The number of benzene rings is 2. The lowest BCUT2D eigenvalue weighted by atomic mass is 9.95. The van der Waals surface area contributed by atoms with Crippen molar-refractivity contribution in [2.24, 2.45) is 27.6 Å². The number of nitrogens with one attached hydrogen (secondary N) is 1. The lowest BCUT2D eigenvalue weighted by Crippen LogP contribution is -2.29. The summed E-state index contributed by atoms with van der Waals surface area (Å²) in [5.41, 5.74) is 15.4. The van der Waals surface area contributed by atoms with Crippen molar-refractivity contribution in [3.8, 4) is 11.1 Å². The van der Waals surface area contributed by atoms with Crippen molar-refractivity contribution in [1.82, 2.24) is 10.5 Å². The molecular formula is C18H21N7O3S2. The first-order valence-corrected chi connectivity index (χ1v) is 11.6. The first kappa shape index (κ1) is 22.0. The Hall–Kier alpha value is -2.74. The quantitative estimate of drug-likeness (QED) is 0.107. The molecule has 0 aliphatic rings. The minimum absolute atomic E-state index is 0.00441. The van der Waals surface area contributed by atoms with Gasteiger partial charge in [0.1, 0.15) is 10.6 Å². The normalized spacial score (nSPS) is 13.4. The van der Waals surface area contributed by atoms with E-state index in [0.717, 1.165) is 5.39 Å². The first-order chi connectivity index (χ1) is 14.3. The van der Waals surface area contributed by atoms with Crippen molar-refractivity contribution in [2.75, 3.05) is 12.3 Å². The second kappa shape index (κ2) is 8.95. The fraction of sp³-hybridized carbons (Fsp3) is 0.111. The van der Waals surface area contributed by atoms with E-state index in [4.69, 9.17) is 22.4 Å².